The first-order valence-corrected chi connectivity index (χ1v) is 7.49. The van der Waals surface area contributed by atoms with Crippen LogP contribution in [0.4, 0.5) is 0 Å². The van der Waals surface area contributed by atoms with E-state index < -0.39 is 0 Å². The van der Waals surface area contributed by atoms with Crippen LogP contribution in [0.5, 0.6) is 0 Å². The summed E-state index contributed by atoms with van der Waals surface area (Å²) >= 11 is 7.59. The number of rotatable bonds is 4. The number of hydrogen-bond acceptors (Lipinski definition) is 3. The summed E-state index contributed by atoms with van der Waals surface area (Å²) in [6.07, 6.45) is 2.54. The van der Waals surface area contributed by atoms with Gasteiger partial charge >= 0.3 is 0 Å². The molecular weight excluding hydrogens is 280 g/mol. The van der Waals surface area contributed by atoms with Crippen LogP contribution in [0.2, 0.25) is 5.02 Å². The molecule has 0 amide bonds. The molecule has 1 atom stereocenters. The maximum absolute atomic E-state index is 11.5. The van der Waals surface area contributed by atoms with Crippen LogP contribution in [0.15, 0.2) is 39.8 Å². The van der Waals surface area contributed by atoms with E-state index in [0.717, 1.165) is 34.9 Å². The number of thioether (sulfide) groups is 1. The van der Waals surface area contributed by atoms with Crippen LogP contribution in [0.3, 0.4) is 0 Å². The van der Waals surface area contributed by atoms with Crippen LogP contribution in [-0.4, -0.2) is 12.9 Å². The van der Waals surface area contributed by atoms with Crippen LogP contribution >= 0.6 is 23.4 Å². The zero-order valence-electron chi connectivity index (χ0n) is 11.1. The Labute approximate surface area is 123 Å². The fourth-order valence-corrected chi connectivity index (χ4v) is 3.36. The van der Waals surface area contributed by atoms with E-state index in [9.17, 15) is 4.79 Å². The SMILES string of the molecule is COC1=C(Sc2ccc(Cl)cc2)CCC(C(C)=O)C1. The van der Waals surface area contributed by atoms with E-state index in [1.54, 1.807) is 25.8 Å². The quantitative estimate of drug-likeness (QED) is 0.807. The van der Waals surface area contributed by atoms with Gasteiger partial charge in [0.2, 0.25) is 0 Å². The van der Waals surface area contributed by atoms with E-state index in [1.165, 1.54) is 4.91 Å². The summed E-state index contributed by atoms with van der Waals surface area (Å²) in [4.78, 5) is 13.8. The summed E-state index contributed by atoms with van der Waals surface area (Å²) in [5, 5.41) is 0.741. The minimum Gasteiger partial charge on any atom is -0.500 e. The summed E-state index contributed by atoms with van der Waals surface area (Å²) in [6, 6.07) is 7.78. The summed E-state index contributed by atoms with van der Waals surface area (Å²) in [5.74, 6) is 1.32. The molecule has 1 aromatic rings. The Hall–Kier alpha value is -0.930. The highest BCUT2D eigenvalue weighted by atomic mass is 35.5. The average Bonchev–Trinajstić information content (AvgIpc) is 2.41. The molecule has 0 N–H and O–H groups in total. The second-order valence-electron chi connectivity index (χ2n) is 4.66. The van der Waals surface area contributed by atoms with Crippen molar-refractivity contribution in [1.29, 1.82) is 0 Å². The molecule has 0 bridgehead atoms. The van der Waals surface area contributed by atoms with Crippen LogP contribution in [0.25, 0.3) is 0 Å². The molecule has 0 heterocycles. The molecule has 0 saturated heterocycles. The Kier molecular flexibility index (Phi) is 4.94. The van der Waals surface area contributed by atoms with Crippen LogP contribution in [0, 0.1) is 5.92 Å². The van der Waals surface area contributed by atoms with Crippen molar-refractivity contribution in [3.63, 3.8) is 0 Å². The normalized spacial score (nSPS) is 19.4. The molecule has 0 fully saturated rings. The lowest BCUT2D eigenvalue weighted by Crippen LogP contribution is -2.17. The fourth-order valence-electron chi connectivity index (χ4n) is 2.18. The average molecular weight is 297 g/mol. The minimum absolute atomic E-state index is 0.115. The Balaban J connectivity index is 2.13. The molecule has 0 saturated carbocycles. The molecule has 1 unspecified atom stereocenters. The molecule has 19 heavy (non-hydrogen) atoms. The van der Waals surface area contributed by atoms with Crippen molar-refractivity contribution in [3.8, 4) is 0 Å². The van der Waals surface area contributed by atoms with E-state index in [1.807, 2.05) is 24.3 Å². The molecule has 0 spiro atoms. The molecule has 1 aliphatic carbocycles. The van der Waals surface area contributed by atoms with Gasteiger partial charge in [-0.25, -0.2) is 0 Å². The zero-order valence-corrected chi connectivity index (χ0v) is 12.7. The van der Waals surface area contributed by atoms with E-state index in [4.69, 9.17) is 16.3 Å². The maximum atomic E-state index is 11.5. The van der Waals surface area contributed by atoms with Gasteiger partial charge in [0.15, 0.2) is 0 Å². The number of ether oxygens (including phenoxy) is 1. The minimum atomic E-state index is 0.115. The summed E-state index contributed by atoms with van der Waals surface area (Å²) in [7, 11) is 1.68. The molecular formula is C15H17ClO2S. The number of ketones is 1. The Morgan fingerprint density at radius 1 is 1.37 bits per heavy atom. The van der Waals surface area contributed by atoms with Gasteiger partial charge in [-0.15, -0.1) is 0 Å². The zero-order chi connectivity index (χ0) is 13.8. The lowest BCUT2D eigenvalue weighted by atomic mass is 9.90. The first kappa shape index (κ1) is 14.5. The van der Waals surface area contributed by atoms with Crippen molar-refractivity contribution in [2.75, 3.05) is 7.11 Å². The highest BCUT2D eigenvalue weighted by Crippen LogP contribution is 2.40. The number of carbonyl (C=O) groups is 1. The third kappa shape index (κ3) is 3.77. The molecule has 0 radical (unpaired) electrons. The second kappa shape index (κ2) is 6.49. The van der Waals surface area contributed by atoms with Gasteiger partial charge in [-0.2, -0.15) is 0 Å². The summed E-state index contributed by atoms with van der Waals surface area (Å²) in [6.45, 7) is 1.66. The van der Waals surface area contributed by atoms with Gasteiger partial charge in [-0.1, -0.05) is 23.4 Å². The molecule has 1 aromatic carbocycles. The van der Waals surface area contributed by atoms with Crippen molar-refractivity contribution in [2.45, 2.75) is 31.1 Å². The lowest BCUT2D eigenvalue weighted by molar-refractivity contribution is -0.121. The fraction of sp³-hybridized carbons (Fsp3) is 0.400. The van der Waals surface area contributed by atoms with Gasteiger partial charge in [-0.05, 0) is 44.0 Å². The summed E-state index contributed by atoms with van der Waals surface area (Å²) < 4.78 is 5.46. The topological polar surface area (TPSA) is 26.3 Å². The van der Waals surface area contributed by atoms with Gasteiger partial charge in [0.05, 0.1) is 7.11 Å². The third-order valence-electron chi connectivity index (χ3n) is 3.34. The Morgan fingerprint density at radius 3 is 2.63 bits per heavy atom. The van der Waals surface area contributed by atoms with Crippen LogP contribution in [0.1, 0.15) is 26.2 Å². The van der Waals surface area contributed by atoms with E-state index in [-0.39, 0.29) is 11.7 Å². The Morgan fingerprint density at radius 2 is 2.05 bits per heavy atom. The third-order valence-corrected chi connectivity index (χ3v) is 4.78. The molecule has 2 nitrogen and oxygen atoms in total. The number of allylic oxidation sites excluding steroid dienone is 2. The van der Waals surface area contributed by atoms with Crippen LogP contribution < -0.4 is 0 Å². The maximum Gasteiger partial charge on any atom is 0.133 e. The number of methoxy groups -OCH3 is 1. The number of hydrogen-bond donors (Lipinski definition) is 0. The van der Waals surface area contributed by atoms with Gasteiger partial charge in [-0.3, -0.25) is 4.79 Å². The highest BCUT2D eigenvalue weighted by Gasteiger charge is 2.25. The van der Waals surface area contributed by atoms with Crippen molar-refractivity contribution < 1.29 is 9.53 Å². The molecule has 1 aliphatic rings. The van der Waals surface area contributed by atoms with Gasteiger partial charge in [0.1, 0.15) is 11.5 Å². The molecule has 4 heteroatoms. The van der Waals surface area contributed by atoms with Crippen LogP contribution in [-0.2, 0) is 9.53 Å². The first-order chi connectivity index (χ1) is 9.10. The van der Waals surface area contributed by atoms with Gasteiger partial charge in [0, 0.05) is 27.2 Å². The van der Waals surface area contributed by atoms with E-state index >= 15 is 0 Å². The smallest absolute Gasteiger partial charge is 0.133 e. The first-order valence-electron chi connectivity index (χ1n) is 6.30. The van der Waals surface area contributed by atoms with Crippen molar-refractivity contribution >= 4 is 29.1 Å². The van der Waals surface area contributed by atoms with Crippen molar-refractivity contribution in [3.05, 3.63) is 40.0 Å². The standard InChI is InChI=1S/C15H17ClO2S/c1-10(17)11-3-8-15(14(9-11)18-2)19-13-6-4-12(16)5-7-13/h4-7,11H,3,8-9H2,1-2H3. The Bertz CT molecular complexity index is 493. The van der Waals surface area contributed by atoms with E-state index in [2.05, 4.69) is 0 Å². The van der Waals surface area contributed by atoms with Gasteiger partial charge < -0.3 is 4.74 Å². The van der Waals surface area contributed by atoms with Gasteiger partial charge in [0.25, 0.3) is 0 Å². The number of Topliss-reactive ketones (excluding diaryl/α,β-unsaturated/α-hetero) is 1. The monoisotopic (exact) mass is 296 g/mol. The predicted molar refractivity (Wildman–Crippen MR) is 79.4 cm³/mol. The van der Waals surface area contributed by atoms with E-state index in [0.29, 0.717) is 0 Å². The van der Waals surface area contributed by atoms with Crippen molar-refractivity contribution in [2.24, 2.45) is 5.92 Å². The largest absolute Gasteiger partial charge is 0.500 e. The predicted octanol–water partition coefficient (Wildman–Crippen LogP) is 4.68. The number of carbonyl (C=O) groups excluding carboxylic acids is 1. The number of benzene rings is 1. The van der Waals surface area contributed by atoms with Crippen molar-refractivity contribution in [1.82, 2.24) is 0 Å². The molecule has 102 valence electrons. The summed E-state index contributed by atoms with van der Waals surface area (Å²) in [5.41, 5.74) is 0. The number of halogens is 1. The molecule has 0 aromatic heterocycles. The second-order valence-corrected chi connectivity index (χ2v) is 6.26. The molecule has 0 aliphatic heterocycles. The lowest BCUT2D eigenvalue weighted by Gasteiger charge is -2.24. The molecule has 2 rings (SSSR count). The highest BCUT2D eigenvalue weighted by molar-refractivity contribution is 8.03.